The van der Waals surface area contributed by atoms with Crippen LogP contribution in [0.1, 0.15) is 25.6 Å². The molecule has 104 valence electrons. The summed E-state index contributed by atoms with van der Waals surface area (Å²) >= 11 is 1.28. The number of thiophene rings is 1. The first-order chi connectivity index (χ1) is 9.61. The molecule has 0 bridgehead atoms. The van der Waals surface area contributed by atoms with Gasteiger partial charge in [-0.3, -0.25) is 15.0 Å². The van der Waals surface area contributed by atoms with Gasteiger partial charge in [-0.2, -0.15) is 0 Å². The number of nitrogens with one attached hydrogen (secondary N) is 1. The number of primary amides is 1. The average molecular weight is 291 g/mol. The zero-order chi connectivity index (χ0) is 14.5. The zero-order valence-corrected chi connectivity index (χ0v) is 11.3. The molecule has 20 heavy (non-hydrogen) atoms. The Hall–Kier alpha value is -2.38. The number of hydrogen-bond acceptors (Lipinski definition) is 5. The predicted molar refractivity (Wildman–Crippen MR) is 75.3 cm³/mol. The van der Waals surface area contributed by atoms with Crippen molar-refractivity contribution in [1.82, 2.24) is 5.43 Å². The molecule has 7 heteroatoms. The molecule has 1 aromatic carbocycles. The van der Waals surface area contributed by atoms with E-state index in [0.29, 0.717) is 16.2 Å². The van der Waals surface area contributed by atoms with Crippen LogP contribution in [0.5, 0.6) is 5.75 Å². The van der Waals surface area contributed by atoms with Crippen LogP contribution in [0.25, 0.3) is 0 Å². The van der Waals surface area contributed by atoms with E-state index in [9.17, 15) is 9.59 Å². The maximum Gasteiger partial charge on any atom is 0.275 e. The third-order valence-electron chi connectivity index (χ3n) is 2.60. The van der Waals surface area contributed by atoms with Crippen LogP contribution in [0, 0.1) is 0 Å². The van der Waals surface area contributed by atoms with Crippen LogP contribution >= 0.6 is 11.3 Å². The Morgan fingerprint density at radius 1 is 1.30 bits per heavy atom. The van der Waals surface area contributed by atoms with Crippen molar-refractivity contribution < 1.29 is 14.3 Å². The molecule has 2 rings (SSSR count). The van der Waals surface area contributed by atoms with E-state index < -0.39 is 5.91 Å². The quantitative estimate of drug-likeness (QED) is 0.434. The summed E-state index contributed by atoms with van der Waals surface area (Å²) in [4.78, 5) is 23.1. The highest BCUT2D eigenvalue weighted by Gasteiger charge is 2.12. The Bertz CT molecular complexity index is 639. The molecule has 6 nitrogen and oxygen atoms in total. The van der Waals surface area contributed by atoms with Crippen LogP contribution in [0.15, 0.2) is 35.7 Å². The van der Waals surface area contributed by atoms with Crippen LogP contribution in [0.2, 0.25) is 0 Å². The molecule has 0 unspecified atom stereocenters. The minimum atomic E-state index is -0.519. The van der Waals surface area contributed by atoms with Crippen molar-refractivity contribution in [3.05, 3.63) is 51.7 Å². The van der Waals surface area contributed by atoms with Crippen LogP contribution < -0.4 is 21.7 Å². The second-order valence-corrected chi connectivity index (χ2v) is 4.85. The molecule has 0 atom stereocenters. The molecule has 1 heterocycles. The molecule has 0 aliphatic heterocycles. The van der Waals surface area contributed by atoms with Crippen molar-refractivity contribution in [2.24, 2.45) is 11.6 Å². The van der Waals surface area contributed by atoms with Gasteiger partial charge in [-0.25, -0.2) is 5.84 Å². The first kappa shape index (κ1) is 14.0. The van der Waals surface area contributed by atoms with Gasteiger partial charge in [0.05, 0.1) is 4.88 Å². The number of ether oxygens (including phenoxy) is 1. The molecular formula is C13H13N3O3S. The monoisotopic (exact) mass is 291 g/mol. The van der Waals surface area contributed by atoms with E-state index in [1.165, 1.54) is 11.3 Å². The number of nitrogens with two attached hydrogens (primary N) is 2. The topological polar surface area (TPSA) is 107 Å². The lowest BCUT2D eigenvalue weighted by Gasteiger charge is -2.07. The maximum atomic E-state index is 11.5. The van der Waals surface area contributed by atoms with Gasteiger partial charge in [0.15, 0.2) is 0 Å². The highest BCUT2D eigenvalue weighted by Crippen LogP contribution is 2.20. The number of carbonyl (C=O) groups is 2. The maximum absolute atomic E-state index is 11.5. The number of rotatable bonds is 5. The predicted octanol–water partition coefficient (Wildman–Crippen LogP) is 1.03. The van der Waals surface area contributed by atoms with Crippen molar-refractivity contribution in [1.29, 1.82) is 0 Å². The zero-order valence-electron chi connectivity index (χ0n) is 10.5. The second-order valence-electron chi connectivity index (χ2n) is 3.93. The van der Waals surface area contributed by atoms with Crippen molar-refractivity contribution in [2.75, 3.05) is 0 Å². The summed E-state index contributed by atoms with van der Waals surface area (Å²) in [5, 5.41) is 1.78. The first-order valence-corrected chi connectivity index (χ1v) is 6.59. The van der Waals surface area contributed by atoms with E-state index in [2.05, 4.69) is 5.43 Å². The van der Waals surface area contributed by atoms with Crippen LogP contribution in [0.3, 0.4) is 0 Å². The molecule has 0 aliphatic rings. The molecule has 0 saturated carbocycles. The standard InChI is InChI=1S/C13H13N3O3S/c14-12(17)8-2-1-3-10(6-8)19-7-9-4-5-20-11(9)13(18)16-15/h1-6H,7,15H2,(H2,14,17)(H,16,18). The highest BCUT2D eigenvalue weighted by atomic mass is 32.1. The molecule has 0 aliphatic carbocycles. The van der Waals surface area contributed by atoms with E-state index in [1.54, 1.807) is 35.7 Å². The smallest absolute Gasteiger partial charge is 0.275 e. The van der Waals surface area contributed by atoms with Crippen molar-refractivity contribution in [2.45, 2.75) is 6.61 Å². The number of hydrazine groups is 1. The van der Waals surface area contributed by atoms with E-state index in [-0.39, 0.29) is 12.5 Å². The van der Waals surface area contributed by atoms with Gasteiger partial charge in [-0.15, -0.1) is 11.3 Å². The Morgan fingerprint density at radius 2 is 2.10 bits per heavy atom. The Labute approximate surface area is 119 Å². The van der Waals surface area contributed by atoms with Gasteiger partial charge in [0.1, 0.15) is 12.4 Å². The van der Waals surface area contributed by atoms with Crippen LogP contribution in [-0.4, -0.2) is 11.8 Å². The second kappa shape index (κ2) is 6.18. The summed E-state index contributed by atoms with van der Waals surface area (Å²) in [7, 11) is 0. The highest BCUT2D eigenvalue weighted by molar-refractivity contribution is 7.12. The summed E-state index contributed by atoms with van der Waals surface area (Å²) in [6, 6.07) is 8.33. The van der Waals surface area contributed by atoms with E-state index in [0.717, 1.165) is 5.56 Å². The third-order valence-corrected chi connectivity index (χ3v) is 3.55. The lowest BCUT2D eigenvalue weighted by Crippen LogP contribution is -2.30. The number of benzene rings is 1. The summed E-state index contributed by atoms with van der Waals surface area (Å²) in [6.45, 7) is 0.203. The molecule has 0 spiro atoms. The number of amides is 2. The van der Waals surface area contributed by atoms with E-state index >= 15 is 0 Å². The summed E-state index contributed by atoms with van der Waals surface area (Å²) in [5.41, 5.74) is 8.37. The minimum absolute atomic E-state index is 0.203. The van der Waals surface area contributed by atoms with Gasteiger partial charge in [0.25, 0.3) is 5.91 Å². The fourth-order valence-corrected chi connectivity index (χ4v) is 2.43. The first-order valence-electron chi connectivity index (χ1n) is 5.72. The van der Waals surface area contributed by atoms with Gasteiger partial charge in [-0.1, -0.05) is 6.07 Å². The fraction of sp³-hybridized carbons (Fsp3) is 0.0769. The van der Waals surface area contributed by atoms with Gasteiger partial charge < -0.3 is 10.5 Å². The Balaban J connectivity index is 2.09. The van der Waals surface area contributed by atoms with Crippen molar-refractivity contribution in [3.8, 4) is 5.75 Å². The minimum Gasteiger partial charge on any atom is -0.489 e. The lowest BCUT2D eigenvalue weighted by molar-refractivity contribution is 0.0954. The van der Waals surface area contributed by atoms with Gasteiger partial charge in [0.2, 0.25) is 5.91 Å². The SMILES string of the molecule is NNC(=O)c1sccc1COc1cccc(C(N)=O)c1. The fourth-order valence-electron chi connectivity index (χ4n) is 1.61. The van der Waals surface area contributed by atoms with Gasteiger partial charge >= 0.3 is 0 Å². The van der Waals surface area contributed by atoms with Crippen LogP contribution in [0.4, 0.5) is 0 Å². The van der Waals surface area contributed by atoms with Crippen molar-refractivity contribution >= 4 is 23.2 Å². The summed E-state index contributed by atoms with van der Waals surface area (Å²) in [6.07, 6.45) is 0. The molecule has 0 fully saturated rings. The molecule has 2 aromatic rings. The Morgan fingerprint density at radius 3 is 2.80 bits per heavy atom. The number of hydrogen-bond donors (Lipinski definition) is 3. The van der Waals surface area contributed by atoms with Gasteiger partial charge in [-0.05, 0) is 29.6 Å². The van der Waals surface area contributed by atoms with Crippen molar-refractivity contribution in [3.63, 3.8) is 0 Å². The summed E-state index contributed by atoms with van der Waals surface area (Å²) < 4.78 is 5.55. The Kier molecular flexibility index (Phi) is 4.34. The number of carbonyl (C=O) groups excluding carboxylic acids is 2. The molecule has 0 radical (unpaired) electrons. The largest absolute Gasteiger partial charge is 0.489 e. The summed E-state index contributed by atoms with van der Waals surface area (Å²) in [5.74, 6) is 4.74. The molecule has 5 N–H and O–H groups in total. The normalized spacial score (nSPS) is 10.1. The van der Waals surface area contributed by atoms with Gasteiger partial charge in [0, 0.05) is 11.1 Å². The van der Waals surface area contributed by atoms with E-state index in [4.69, 9.17) is 16.3 Å². The average Bonchev–Trinajstić information content (AvgIpc) is 2.93. The molecule has 2 amide bonds. The molecule has 0 saturated heterocycles. The lowest BCUT2D eigenvalue weighted by atomic mass is 10.2. The molecule has 1 aromatic heterocycles. The molecular weight excluding hydrogens is 278 g/mol. The van der Waals surface area contributed by atoms with E-state index in [1.807, 2.05) is 0 Å². The number of nitrogen functional groups attached to an aromatic ring is 1. The van der Waals surface area contributed by atoms with Crippen LogP contribution in [-0.2, 0) is 6.61 Å². The third kappa shape index (κ3) is 3.14.